The predicted octanol–water partition coefficient (Wildman–Crippen LogP) is -0.609. The lowest BCUT2D eigenvalue weighted by molar-refractivity contribution is -0.315. The maximum atomic E-state index is 11.6. The van der Waals surface area contributed by atoms with Gasteiger partial charge in [0.05, 0.1) is 32.5 Å². The van der Waals surface area contributed by atoms with Gasteiger partial charge in [-0.05, 0) is 12.1 Å². The van der Waals surface area contributed by atoms with Crippen LogP contribution >= 0.6 is 0 Å². The van der Waals surface area contributed by atoms with Crippen LogP contribution in [-0.4, -0.2) is 117 Å². The summed E-state index contributed by atoms with van der Waals surface area (Å²) in [4.78, 5) is 19.8. The molecule has 0 radical (unpaired) electrons. The normalized spacial score (nSPS) is 25.0. The third-order valence-corrected chi connectivity index (χ3v) is 6.27. The zero-order valence-corrected chi connectivity index (χ0v) is 22.8. The average molecular weight is 593 g/mol. The number of carbonyl (C=O) groups excluding carboxylic acids is 1. The molecule has 14 heteroatoms. The number of benzene rings is 2. The summed E-state index contributed by atoms with van der Waals surface area (Å²) in [6.45, 7) is -0.338. The number of aromatic hydroxyl groups is 2. The number of phenols is 2. The quantitative estimate of drug-likeness (QED) is 0.0830. The monoisotopic (exact) mass is 592 g/mol. The highest BCUT2D eigenvalue weighted by atomic mass is 16.7. The van der Waals surface area contributed by atoms with Gasteiger partial charge in [0.2, 0.25) is 0 Å². The van der Waals surface area contributed by atoms with Gasteiger partial charge in [0, 0.05) is 24.3 Å². The molecule has 0 aromatic heterocycles. The van der Waals surface area contributed by atoms with E-state index in [1.807, 2.05) is 0 Å². The number of carbonyl (C=O) groups is 1. The predicted molar refractivity (Wildman–Crippen MR) is 147 cm³/mol. The van der Waals surface area contributed by atoms with Crippen LogP contribution in [0.1, 0.15) is 18.1 Å². The zero-order valence-electron chi connectivity index (χ0n) is 22.8. The minimum Gasteiger partial charge on any atom is -0.508 e. The second kappa shape index (κ2) is 16.2. The van der Waals surface area contributed by atoms with Crippen LogP contribution in [0.2, 0.25) is 0 Å². The molecule has 0 unspecified atom stereocenters. The molecule has 1 aliphatic heterocycles. The Morgan fingerprint density at radius 2 is 1.52 bits per heavy atom. The molecule has 2 aromatic rings. The molecule has 1 fully saturated rings. The van der Waals surface area contributed by atoms with E-state index < -0.39 is 68.4 Å². The Bertz CT molecular complexity index is 1190. The zero-order chi connectivity index (χ0) is 30.6. The van der Waals surface area contributed by atoms with Crippen molar-refractivity contribution in [1.82, 2.24) is 0 Å². The molecule has 0 saturated carbocycles. The molecular formula is C28H36N2O12. The third kappa shape index (κ3) is 9.27. The minimum absolute atomic E-state index is 0.00630. The second-order valence-electron chi connectivity index (χ2n) is 9.37. The molecule has 42 heavy (non-hydrogen) atoms. The molecule has 1 aliphatic rings. The van der Waals surface area contributed by atoms with Crippen molar-refractivity contribution in [2.45, 2.75) is 69.2 Å². The van der Waals surface area contributed by atoms with Gasteiger partial charge in [-0.3, -0.25) is 14.8 Å². The van der Waals surface area contributed by atoms with E-state index >= 15 is 0 Å². The minimum atomic E-state index is -1.73. The Kier molecular flexibility index (Phi) is 12.8. The molecule has 7 N–H and O–H groups in total. The fourth-order valence-electron chi connectivity index (χ4n) is 4.09. The standard InChI is InChI=1S/C28H36N2O12/c1-16(33)39-27-25(37)23(15-32)42-28(26(27)38)41-21(12-29-10-17-6-2-4-8-19(17)34)22(14-31)40-24(36)13-30-11-18-7-3-5-9-20(18)35/h2-9,12-13,21-28,31-32,34-38H,10-11,14-15H2,1H3/t21-,22-,23+,24-,25-,26+,27-,28+/m0/s1. The Morgan fingerprint density at radius 3 is 2.05 bits per heavy atom. The van der Waals surface area contributed by atoms with Gasteiger partial charge in [-0.15, -0.1) is 0 Å². The highest BCUT2D eigenvalue weighted by Gasteiger charge is 2.48. The van der Waals surface area contributed by atoms with Crippen LogP contribution in [0.3, 0.4) is 0 Å². The smallest absolute Gasteiger partial charge is 0.303 e. The number of para-hydroxylation sites is 2. The van der Waals surface area contributed by atoms with Gasteiger partial charge in [-0.1, -0.05) is 36.4 Å². The average Bonchev–Trinajstić information content (AvgIpc) is 2.96. The first kappa shape index (κ1) is 33.0. The van der Waals surface area contributed by atoms with E-state index in [9.17, 15) is 40.5 Å². The first-order valence-electron chi connectivity index (χ1n) is 13.1. The van der Waals surface area contributed by atoms with Crippen LogP contribution in [0.15, 0.2) is 58.5 Å². The molecule has 1 saturated heterocycles. The Balaban J connectivity index is 1.79. The SMILES string of the molecule is CC(=O)O[C@H]1[C@@H](O)[C@@H](CO)O[C@@H](O[C@@H](C=NCc2ccccc2O)[C@H](CO)O[C@H](O)C=NCc2ccccc2O)[C@@H]1O. The Hall–Kier alpha value is -3.47. The number of esters is 1. The fourth-order valence-corrected chi connectivity index (χ4v) is 4.09. The topological polar surface area (TPSA) is 220 Å². The number of aliphatic hydroxyl groups is 5. The summed E-state index contributed by atoms with van der Waals surface area (Å²) in [7, 11) is 0. The van der Waals surface area contributed by atoms with Crippen LogP contribution in [0.4, 0.5) is 0 Å². The fraction of sp³-hybridized carbons (Fsp3) is 0.464. The maximum Gasteiger partial charge on any atom is 0.303 e. The van der Waals surface area contributed by atoms with Gasteiger partial charge >= 0.3 is 5.97 Å². The molecular weight excluding hydrogens is 556 g/mol. The van der Waals surface area contributed by atoms with Crippen molar-refractivity contribution in [3.63, 3.8) is 0 Å². The van der Waals surface area contributed by atoms with Crippen molar-refractivity contribution in [3.05, 3.63) is 59.7 Å². The highest BCUT2D eigenvalue weighted by Crippen LogP contribution is 2.26. The molecule has 14 nitrogen and oxygen atoms in total. The number of aliphatic hydroxyl groups excluding tert-OH is 5. The van der Waals surface area contributed by atoms with Crippen LogP contribution in [0.5, 0.6) is 11.5 Å². The molecule has 0 amide bonds. The first-order chi connectivity index (χ1) is 20.1. The first-order valence-corrected chi connectivity index (χ1v) is 13.1. The molecule has 0 spiro atoms. The lowest BCUT2D eigenvalue weighted by Crippen LogP contribution is -2.61. The van der Waals surface area contributed by atoms with E-state index in [2.05, 4.69) is 9.98 Å². The lowest BCUT2D eigenvalue weighted by Gasteiger charge is -2.42. The number of ether oxygens (including phenoxy) is 4. The number of hydrogen-bond acceptors (Lipinski definition) is 14. The molecule has 1 heterocycles. The number of rotatable bonds is 14. The highest BCUT2D eigenvalue weighted by molar-refractivity contribution is 5.66. The number of phenolic OH excluding ortho intramolecular Hbond substituents is 2. The van der Waals surface area contributed by atoms with Gasteiger partial charge < -0.3 is 54.7 Å². The third-order valence-electron chi connectivity index (χ3n) is 6.27. The van der Waals surface area contributed by atoms with Gasteiger partial charge in [-0.25, -0.2) is 0 Å². The van der Waals surface area contributed by atoms with Gasteiger partial charge in [0.25, 0.3) is 0 Å². The van der Waals surface area contributed by atoms with Crippen molar-refractivity contribution in [2.24, 2.45) is 9.98 Å². The van der Waals surface area contributed by atoms with Gasteiger partial charge in [0.15, 0.2) is 18.7 Å². The molecule has 3 rings (SSSR count). The van der Waals surface area contributed by atoms with Crippen molar-refractivity contribution in [3.8, 4) is 11.5 Å². The van der Waals surface area contributed by atoms with E-state index in [1.54, 1.807) is 36.4 Å². The van der Waals surface area contributed by atoms with Crippen molar-refractivity contribution in [2.75, 3.05) is 13.2 Å². The van der Waals surface area contributed by atoms with Crippen LogP contribution in [0.25, 0.3) is 0 Å². The van der Waals surface area contributed by atoms with E-state index in [0.717, 1.165) is 13.1 Å². The molecule has 2 aromatic carbocycles. The van der Waals surface area contributed by atoms with Gasteiger partial charge in [0.1, 0.15) is 42.0 Å². The number of aliphatic imine (C=N–C) groups is 2. The van der Waals surface area contributed by atoms with Crippen LogP contribution < -0.4 is 0 Å². The Morgan fingerprint density at radius 1 is 0.952 bits per heavy atom. The summed E-state index contributed by atoms with van der Waals surface area (Å²) in [5.74, 6) is -0.788. The summed E-state index contributed by atoms with van der Waals surface area (Å²) in [5.41, 5.74) is 0.973. The van der Waals surface area contributed by atoms with Crippen molar-refractivity contribution >= 4 is 18.4 Å². The molecule has 0 bridgehead atoms. The summed E-state index contributed by atoms with van der Waals surface area (Å²) in [6, 6.07) is 13.0. The van der Waals surface area contributed by atoms with E-state index in [-0.39, 0.29) is 24.6 Å². The van der Waals surface area contributed by atoms with Gasteiger partial charge in [-0.2, -0.15) is 0 Å². The Labute approximate surface area is 241 Å². The second-order valence-corrected chi connectivity index (χ2v) is 9.37. The van der Waals surface area contributed by atoms with E-state index in [1.165, 1.54) is 18.3 Å². The summed E-state index contributed by atoms with van der Waals surface area (Å²) in [5, 5.41) is 71.3. The molecule has 8 atom stereocenters. The maximum absolute atomic E-state index is 11.6. The summed E-state index contributed by atoms with van der Waals surface area (Å²) >= 11 is 0. The summed E-state index contributed by atoms with van der Waals surface area (Å²) in [6.07, 6.45) is -9.79. The van der Waals surface area contributed by atoms with Crippen molar-refractivity contribution < 1.29 is 59.5 Å². The molecule has 0 aliphatic carbocycles. The summed E-state index contributed by atoms with van der Waals surface area (Å²) < 4.78 is 21.9. The van der Waals surface area contributed by atoms with E-state index in [0.29, 0.717) is 11.1 Å². The van der Waals surface area contributed by atoms with E-state index in [4.69, 9.17) is 18.9 Å². The van der Waals surface area contributed by atoms with Crippen LogP contribution in [0, 0.1) is 0 Å². The molecule has 230 valence electrons. The lowest BCUT2D eigenvalue weighted by atomic mass is 9.99. The van der Waals surface area contributed by atoms with Crippen molar-refractivity contribution in [1.29, 1.82) is 0 Å². The number of nitrogens with zero attached hydrogens (tertiary/aromatic N) is 2. The largest absolute Gasteiger partial charge is 0.508 e. The number of hydrogen-bond donors (Lipinski definition) is 7. The van der Waals surface area contributed by atoms with Crippen LogP contribution in [-0.2, 0) is 36.8 Å².